The smallest absolute Gasteiger partial charge is 0.315 e. The molecule has 1 fully saturated rings. The van der Waals surface area contributed by atoms with Gasteiger partial charge in [-0.15, -0.1) is 0 Å². The highest BCUT2D eigenvalue weighted by Gasteiger charge is 2.21. The molecule has 0 aromatic heterocycles. The summed E-state index contributed by atoms with van der Waals surface area (Å²) in [4.78, 5) is 11.5. The van der Waals surface area contributed by atoms with Crippen molar-refractivity contribution >= 4 is 6.03 Å². The molecule has 0 bridgehead atoms. The Bertz CT molecular complexity index is 466. The van der Waals surface area contributed by atoms with Crippen LogP contribution in [0.25, 0.3) is 0 Å². The minimum atomic E-state index is -0.719. The zero-order chi connectivity index (χ0) is 15.1. The Morgan fingerprint density at radius 2 is 2.24 bits per heavy atom. The first-order valence-corrected chi connectivity index (χ1v) is 7.15. The SMILES string of the molecule is O=C(NCc1cccc(F)c1)NCC(O)COCC1CC1. The molecular weight excluding hydrogens is 275 g/mol. The van der Waals surface area contributed by atoms with Crippen molar-refractivity contribution in [3.05, 3.63) is 35.6 Å². The number of rotatable bonds is 8. The number of halogens is 1. The third-order valence-electron chi connectivity index (χ3n) is 3.20. The molecule has 0 saturated heterocycles. The van der Waals surface area contributed by atoms with Gasteiger partial charge >= 0.3 is 6.03 Å². The number of aliphatic hydroxyl groups excluding tert-OH is 1. The van der Waals surface area contributed by atoms with Crippen molar-refractivity contribution in [1.29, 1.82) is 0 Å². The van der Waals surface area contributed by atoms with Crippen LogP contribution in [0, 0.1) is 11.7 Å². The number of carbonyl (C=O) groups excluding carboxylic acids is 1. The van der Waals surface area contributed by atoms with E-state index in [0.29, 0.717) is 18.1 Å². The normalized spacial score (nSPS) is 15.5. The quantitative estimate of drug-likeness (QED) is 0.679. The molecule has 0 aliphatic heterocycles. The number of carbonyl (C=O) groups is 1. The van der Waals surface area contributed by atoms with Crippen LogP contribution in [0.3, 0.4) is 0 Å². The number of benzene rings is 1. The molecule has 1 aromatic rings. The average molecular weight is 296 g/mol. The first kappa shape index (κ1) is 15.7. The van der Waals surface area contributed by atoms with Crippen LogP contribution >= 0.6 is 0 Å². The van der Waals surface area contributed by atoms with Crippen LogP contribution in [0.5, 0.6) is 0 Å². The zero-order valence-electron chi connectivity index (χ0n) is 11.8. The van der Waals surface area contributed by atoms with Gasteiger partial charge in [-0.05, 0) is 36.5 Å². The number of hydrogen-bond acceptors (Lipinski definition) is 3. The minimum Gasteiger partial charge on any atom is -0.389 e. The van der Waals surface area contributed by atoms with Crippen LogP contribution < -0.4 is 10.6 Å². The molecule has 1 unspecified atom stereocenters. The lowest BCUT2D eigenvalue weighted by molar-refractivity contribution is 0.0337. The van der Waals surface area contributed by atoms with Crippen molar-refractivity contribution in [3.8, 4) is 0 Å². The molecule has 2 amide bonds. The highest BCUT2D eigenvalue weighted by molar-refractivity contribution is 5.73. The maximum absolute atomic E-state index is 12.9. The first-order chi connectivity index (χ1) is 10.1. The van der Waals surface area contributed by atoms with E-state index in [-0.39, 0.29) is 25.5 Å². The van der Waals surface area contributed by atoms with Crippen LogP contribution in [0.1, 0.15) is 18.4 Å². The molecule has 1 saturated carbocycles. The predicted molar refractivity (Wildman–Crippen MR) is 76.2 cm³/mol. The molecule has 6 heteroatoms. The Kier molecular flexibility index (Phi) is 5.95. The summed E-state index contributed by atoms with van der Waals surface area (Å²) < 4.78 is 18.3. The molecule has 21 heavy (non-hydrogen) atoms. The van der Waals surface area contributed by atoms with E-state index < -0.39 is 12.1 Å². The number of nitrogens with one attached hydrogen (secondary N) is 2. The predicted octanol–water partition coefficient (Wildman–Crippen LogP) is 1.41. The summed E-state index contributed by atoms with van der Waals surface area (Å²) in [7, 11) is 0. The zero-order valence-corrected chi connectivity index (χ0v) is 11.8. The van der Waals surface area contributed by atoms with E-state index in [9.17, 15) is 14.3 Å². The highest BCUT2D eigenvalue weighted by atomic mass is 19.1. The Hall–Kier alpha value is -1.66. The molecule has 1 atom stereocenters. The summed E-state index contributed by atoms with van der Waals surface area (Å²) in [6, 6.07) is 5.62. The second-order valence-corrected chi connectivity index (χ2v) is 5.33. The minimum absolute atomic E-state index is 0.125. The van der Waals surface area contributed by atoms with Crippen LogP contribution in [0.4, 0.5) is 9.18 Å². The number of hydrogen-bond donors (Lipinski definition) is 3. The highest BCUT2D eigenvalue weighted by Crippen LogP contribution is 2.28. The fraction of sp³-hybridized carbons (Fsp3) is 0.533. The standard InChI is InChI=1S/C15H21FN2O3/c16-13-3-1-2-12(6-13)7-17-15(20)18-8-14(19)10-21-9-11-4-5-11/h1-3,6,11,14,19H,4-5,7-10H2,(H2,17,18,20). The molecule has 0 heterocycles. The Balaban J connectivity index is 1.55. The largest absolute Gasteiger partial charge is 0.389 e. The van der Waals surface area contributed by atoms with Crippen molar-refractivity contribution in [2.45, 2.75) is 25.5 Å². The molecule has 0 radical (unpaired) electrons. The van der Waals surface area contributed by atoms with Gasteiger partial charge in [-0.2, -0.15) is 0 Å². The molecule has 1 aromatic carbocycles. The van der Waals surface area contributed by atoms with E-state index >= 15 is 0 Å². The van der Waals surface area contributed by atoms with Gasteiger partial charge < -0.3 is 20.5 Å². The van der Waals surface area contributed by atoms with Crippen molar-refractivity contribution in [1.82, 2.24) is 10.6 Å². The van der Waals surface area contributed by atoms with E-state index in [1.54, 1.807) is 12.1 Å². The summed E-state index contributed by atoms with van der Waals surface area (Å²) in [5.41, 5.74) is 0.679. The van der Waals surface area contributed by atoms with Crippen LogP contribution in [-0.2, 0) is 11.3 Å². The number of aliphatic hydroxyl groups is 1. The van der Waals surface area contributed by atoms with Crippen LogP contribution in [-0.4, -0.2) is 37.0 Å². The number of amides is 2. The van der Waals surface area contributed by atoms with Crippen LogP contribution in [0.2, 0.25) is 0 Å². The lowest BCUT2D eigenvalue weighted by atomic mass is 10.2. The van der Waals surface area contributed by atoms with Crippen LogP contribution in [0.15, 0.2) is 24.3 Å². The molecule has 1 aliphatic carbocycles. The van der Waals surface area contributed by atoms with E-state index in [2.05, 4.69) is 10.6 Å². The summed E-state index contributed by atoms with van der Waals surface area (Å²) in [6.07, 6.45) is 1.69. The van der Waals surface area contributed by atoms with Gasteiger partial charge in [0.25, 0.3) is 0 Å². The number of ether oxygens (including phenoxy) is 1. The summed E-state index contributed by atoms with van der Waals surface area (Å²) in [5.74, 6) is 0.317. The first-order valence-electron chi connectivity index (χ1n) is 7.15. The molecule has 116 valence electrons. The lowest BCUT2D eigenvalue weighted by Crippen LogP contribution is -2.40. The second kappa shape index (κ2) is 7.95. The van der Waals surface area contributed by atoms with Gasteiger partial charge in [-0.3, -0.25) is 0 Å². The van der Waals surface area contributed by atoms with Gasteiger partial charge in [0, 0.05) is 19.7 Å². The summed E-state index contributed by atoms with van der Waals surface area (Å²) in [5, 5.41) is 14.8. The monoisotopic (exact) mass is 296 g/mol. The Labute approximate surface area is 123 Å². The second-order valence-electron chi connectivity index (χ2n) is 5.33. The maximum atomic E-state index is 12.9. The average Bonchev–Trinajstić information content (AvgIpc) is 3.27. The molecule has 5 nitrogen and oxygen atoms in total. The van der Waals surface area contributed by atoms with Crippen molar-refractivity contribution in [3.63, 3.8) is 0 Å². The van der Waals surface area contributed by atoms with E-state index in [1.165, 1.54) is 25.0 Å². The van der Waals surface area contributed by atoms with Crippen molar-refractivity contribution in [2.24, 2.45) is 5.92 Å². The Morgan fingerprint density at radius 1 is 1.43 bits per heavy atom. The molecule has 2 rings (SSSR count). The third-order valence-corrected chi connectivity index (χ3v) is 3.20. The molecular formula is C15H21FN2O3. The van der Waals surface area contributed by atoms with Gasteiger partial charge in [-0.1, -0.05) is 12.1 Å². The summed E-state index contributed by atoms with van der Waals surface area (Å²) >= 11 is 0. The molecule has 1 aliphatic rings. The third kappa shape index (κ3) is 6.55. The van der Waals surface area contributed by atoms with Gasteiger partial charge in [0.05, 0.1) is 12.7 Å². The van der Waals surface area contributed by atoms with Gasteiger partial charge in [0.15, 0.2) is 0 Å². The Morgan fingerprint density at radius 3 is 2.95 bits per heavy atom. The molecule has 0 spiro atoms. The fourth-order valence-corrected chi connectivity index (χ4v) is 1.82. The van der Waals surface area contributed by atoms with Crippen molar-refractivity contribution < 1.29 is 19.0 Å². The maximum Gasteiger partial charge on any atom is 0.315 e. The van der Waals surface area contributed by atoms with Gasteiger partial charge in [0.2, 0.25) is 0 Å². The number of urea groups is 1. The van der Waals surface area contributed by atoms with Gasteiger partial charge in [-0.25, -0.2) is 9.18 Å². The van der Waals surface area contributed by atoms with E-state index in [4.69, 9.17) is 4.74 Å². The molecule has 3 N–H and O–H groups in total. The topological polar surface area (TPSA) is 70.6 Å². The van der Waals surface area contributed by atoms with E-state index in [0.717, 1.165) is 0 Å². The van der Waals surface area contributed by atoms with Crippen molar-refractivity contribution in [2.75, 3.05) is 19.8 Å². The fourth-order valence-electron chi connectivity index (χ4n) is 1.82. The van der Waals surface area contributed by atoms with Gasteiger partial charge in [0.1, 0.15) is 5.82 Å². The summed E-state index contributed by atoms with van der Waals surface area (Å²) in [6.45, 7) is 1.26. The lowest BCUT2D eigenvalue weighted by Gasteiger charge is -2.13. The van der Waals surface area contributed by atoms with E-state index in [1.807, 2.05) is 0 Å².